The Labute approximate surface area is 62.3 Å². The van der Waals surface area contributed by atoms with Gasteiger partial charge in [0.1, 0.15) is 0 Å². The van der Waals surface area contributed by atoms with Crippen LogP contribution in [-0.2, 0) is 0 Å². The molecule has 1 aliphatic heterocycles. The third-order valence-corrected chi connectivity index (χ3v) is 4.52. The highest BCUT2D eigenvalue weighted by Crippen LogP contribution is 2.38. The van der Waals surface area contributed by atoms with E-state index in [0.717, 1.165) is 0 Å². The minimum atomic E-state index is 1.21. The topological polar surface area (TPSA) is 0 Å². The summed E-state index contributed by atoms with van der Waals surface area (Å²) in [5.41, 5.74) is 0. The SMILES string of the molecule is CCSSC1=CSC1. The van der Waals surface area contributed by atoms with E-state index in [0.29, 0.717) is 0 Å². The second-order valence-corrected chi connectivity index (χ2v) is 4.95. The molecule has 3 heteroatoms. The molecule has 0 aliphatic carbocycles. The van der Waals surface area contributed by atoms with Crippen LogP contribution in [0.5, 0.6) is 0 Å². The van der Waals surface area contributed by atoms with E-state index in [-0.39, 0.29) is 0 Å². The zero-order valence-electron chi connectivity index (χ0n) is 4.72. The van der Waals surface area contributed by atoms with Gasteiger partial charge >= 0.3 is 0 Å². The maximum absolute atomic E-state index is 2.23. The third kappa shape index (κ3) is 1.96. The largest absolute Gasteiger partial charge is 0.128 e. The summed E-state index contributed by atoms with van der Waals surface area (Å²) in [7, 11) is 3.85. The van der Waals surface area contributed by atoms with E-state index in [1.54, 1.807) is 4.91 Å². The van der Waals surface area contributed by atoms with E-state index in [1.807, 2.05) is 33.3 Å². The van der Waals surface area contributed by atoms with Crippen molar-refractivity contribution in [3.63, 3.8) is 0 Å². The summed E-state index contributed by atoms with van der Waals surface area (Å²) >= 11 is 1.90. The molecule has 46 valence electrons. The smallest absolute Gasteiger partial charge is 0.0300 e. The molecule has 0 aromatic carbocycles. The predicted octanol–water partition coefficient (Wildman–Crippen LogP) is 2.98. The van der Waals surface area contributed by atoms with Gasteiger partial charge in [-0.05, 0) is 5.41 Å². The van der Waals surface area contributed by atoms with E-state index < -0.39 is 0 Å². The molecule has 1 rings (SSSR count). The molecule has 0 unspecified atom stereocenters. The van der Waals surface area contributed by atoms with E-state index in [4.69, 9.17) is 0 Å². The highest BCUT2D eigenvalue weighted by Gasteiger charge is 2.05. The van der Waals surface area contributed by atoms with E-state index in [2.05, 4.69) is 12.3 Å². The monoisotopic (exact) mass is 164 g/mol. The molecule has 0 spiro atoms. The maximum Gasteiger partial charge on any atom is 0.0300 e. The minimum Gasteiger partial charge on any atom is -0.128 e. The Bertz CT molecular complexity index is 97.8. The van der Waals surface area contributed by atoms with Gasteiger partial charge in [-0.15, -0.1) is 11.8 Å². The average Bonchev–Trinajstić information content (AvgIpc) is 1.63. The van der Waals surface area contributed by atoms with Crippen LogP contribution in [0.25, 0.3) is 0 Å². The Balaban J connectivity index is 2.02. The predicted molar refractivity (Wildman–Crippen MR) is 46.3 cm³/mol. The van der Waals surface area contributed by atoms with Crippen LogP contribution in [0.15, 0.2) is 10.3 Å². The lowest BCUT2D eigenvalue weighted by atomic mass is 10.7. The molecule has 0 bridgehead atoms. The third-order valence-electron chi connectivity index (χ3n) is 0.724. The summed E-state index contributed by atoms with van der Waals surface area (Å²) in [6, 6.07) is 0. The second kappa shape index (κ2) is 3.75. The summed E-state index contributed by atoms with van der Waals surface area (Å²) in [6.45, 7) is 2.18. The fourth-order valence-electron chi connectivity index (χ4n) is 0.330. The van der Waals surface area contributed by atoms with Crippen molar-refractivity contribution >= 4 is 33.3 Å². The van der Waals surface area contributed by atoms with Crippen molar-refractivity contribution in [2.24, 2.45) is 0 Å². The number of hydrogen-bond donors (Lipinski definition) is 0. The number of rotatable bonds is 3. The zero-order chi connectivity index (χ0) is 5.82. The lowest BCUT2D eigenvalue weighted by Crippen LogP contribution is -1.86. The van der Waals surface area contributed by atoms with Gasteiger partial charge in [-0.3, -0.25) is 0 Å². The average molecular weight is 164 g/mol. The second-order valence-electron chi connectivity index (χ2n) is 1.39. The molecule has 0 atom stereocenters. The van der Waals surface area contributed by atoms with Crippen molar-refractivity contribution in [2.45, 2.75) is 6.92 Å². The zero-order valence-corrected chi connectivity index (χ0v) is 7.17. The van der Waals surface area contributed by atoms with Crippen LogP contribution < -0.4 is 0 Å². The Kier molecular flexibility index (Phi) is 3.23. The van der Waals surface area contributed by atoms with Gasteiger partial charge in [0.15, 0.2) is 0 Å². The van der Waals surface area contributed by atoms with Crippen molar-refractivity contribution in [2.75, 3.05) is 11.5 Å². The van der Waals surface area contributed by atoms with Crippen molar-refractivity contribution < 1.29 is 0 Å². The van der Waals surface area contributed by atoms with E-state index in [1.165, 1.54) is 11.5 Å². The van der Waals surface area contributed by atoms with Gasteiger partial charge in [0.2, 0.25) is 0 Å². The molecule has 0 saturated carbocycles. The van der Waals surface area contributed by atoms with Gasteiger partial charge in [-0.25, -0.2) is 0 Å². The van der Waals surface area contributed by atoms with Crippen LogP contribution in [0, 0.1) is 0 Å². The highest BCUT2D eigenvalue weighted by atomic mass is 33.1. The summed E-state index contributed by atoms with van der Waals surface area (Å²) in [5.74, 6) is 2.46. The molecule has 0 fully saturated rings. The molecular weight excluding hydrogens is 156 g/mol. The lowest BCUT2D eigenvalue weighted by molar-refractivity contribution is 1.54. The van der Waals surface area contributed by atoms with Crippen LogP contribution in [-0.4, -0.2) is 11.5 Å². The first-order chi connectivity index (χ1) is 3.93. The Hall–Kier alpha value is 0.790. The molecule has 0 amide bonds. The van der Waals surface area contributed by atoms with Crippen LogP contribution in [0.4, 0.5) is 0 Å². The van der Waals surface area contributed by atoms with Crippen molar-refractivity contribution in [3.05, 3.63) is 10.3 Å². The van der Waals surface area contributed by atoms with Gasteiger partial charge in [-0.2, -0.15) is 0 Å². The van der Waals surface area contributed by atoms with Crippen LogP contribution in [0.1, 0.15) is 6.92 Å². The summed E-state index contributed by atoms with van der Waals surface area (Å²) in [4.78, 5) is 1.54. The molecule has 1 aliphatic rings. The number of hydrogen-bond acceptors (Lipinski definition) is 3. The summed E-state index contributed by atoms with van der Waals surface area (Å²) < 4.78 is 0. The molecule has 0 saturated heterocycles. The van der Waals surface area contributed by atoms with Crippen LogP contribution >= 0.6 is 33.3 Å². The van der Waals surface area contributed by atoms with Crippen molar-refractivity contribution in [3.8, 4) is 0 Å². The molecule has 0 aromatic rings. The molecule has 0 nitrogen and oxygen atoms in total. The fourth-order valence-corrected chi connectivity index (χ4v) is 3.25. The van der Waals surface area contributed by atoms with E-state index >= 15 is 0 Å². The van der Waals surface area contributed by atoms with Gasteiger partial charge in [0, 0.05) is 16.4 Å². The maximum atomic E-state index is 2.23. The first kappa shape index (κ1) is 6.90. The van der Waals surface area contributed by atoms with Crippen LogP contribution in [0.2, 0.25) is 0 Å². The first-order valence-electron chi connectivity index (χ1n) is 2.53. The molecule has 0 N–H and O–H groups in total. The van der Waals surface area contributed by atoms with Gasteiger partial charge in [-0.1, -0.05) is 28.5 Å². The van der Waals surface area contributed by atoms with E-state index in [9.17, 15) is 0 Å². The quantitative estimate of drug-likeness (QED) is 0.589. The molecular formula is C5H8S3. The first-order valence-corrected chi connectivity index (χ1v) is 5.90. The fraction of sp³-hybridized carbons (Fsp3) is 0.600. The Morgan fingerprint density at radius 2 is 2.62 bits per heavy atom. The van der Waals surface area contributed by atoms with Gasteiger partial charge in [0.25, 0.3) is 0 Å². The highest BCUT2D eigenvalue weighted by molar-refractivity contribution is 8.78. The van der Waals surface area contributed by atoms with Crippen molar-refractivity contribution in [1.29, 1.82) is 0 Å². The molecule has 0 aromatic heterocycles. The number of thioether (sulfide) groups is 1. The molecule has 8 heavy (non-hydrogen) atoms. The van der Waals surface area contributed by atoms with Crippen LogP contribution in [0.3, 0.4) is 0 Å². The minimum absolute atomic E-state index is 1.21. The standard InChI is InChI=1S/C5H8S3/c1-2-7-8-5-3-6-4-5/h3H,2,4H2,1H3. The van der Waals surface area contributed by atoms with Gasteiger partial charge in [0.05, 0.1) is 0 Å². The van der Waals surface area contributed by atoms with Crippen molar-refractivity contribution in [1.82, 2.24) is 0 Å². The summed E-state index contributed by atoms with van der Waals surface area (Å²) in [5, 5.41) is 2.23. The molecule has 0 radical (unpaired) electrons. The Morgan fingerprint density at radius 3 is 3.00 bits per heavy atom. The Morgan fingerprint density at radius 1 is 1.88 bits per heavy atom. The van der Waals surface area contributed by atoms with Gasteiger partial charge < -0.3 is 0 Å². The lowest BCUT2D eigenvalue weighted by Gasteiger charge is -2.10. The molecule has 1 heterocycles. The summed E-state index contributed by atoms with van der Waals surface area (Å²) in [6.07, 6.45) is 0. The normalized spacial score (nSPS) is 17.4.